The second-order valence-corrected chi connectivity index (χ2v) is 30.4. The van der Waals surface area contributed by atoms with Crippen molar-refractivity contribution in [3.8, 4) is 0 Å². The molecule has 0 saturated carbocycles. The standard InChI is InChI=1S/3C30H48N.H3O4P/c3*1-5-9-23-31(24-10-6-2,25-11-7-3)30(22-8-4,26-28-18-14-12-15-19-28)27-29-20-16-13-17-21-29;1-5(2,3)4/h3*12-21H,5-11,22-27H2,1-4H3;(H3,1,2,3,4)/q3*+1;/p-3. The molecule has 548 valence electrons. The lowest BCUT2D eigenvalue weighted by atomic mass is 9.76. The summed E-state index contributed by atoms with van der Waals surface area (Å²) in [7, 11) is -5.39. The third-order valence-corrected chi connectivity index (χ3v) is 21.9. The zero-order valence-corrected chi connectivity index (χ0v) is 65.7. The molecule has 6 aromatic carbocycles. The van der Waals surface area contributed by atoms with Gasteiger partial charge in [0.2, 0.25) is 0 Å². The van der Waals surface area contributed by atoms with Gasteiger partial charge in [0.05, 0.1) is 58.9 Å². The lowest BCUT2D eigenvalue weighted by Crippen LogP contribution is -2.67. The fourth-order valence-corrected chi connectivity index (χ4v) is 17.0. The second kappa shape index (κ2) is 49.8. The molecule has 0 spiro atoms. The topological polar surface area (TPSA) is 86.2 Å². The Bertz CT molecular complexity index is 2370. The number of nitrogens with zero attached hydrogens (tertiary/aromatic N) is 3. The molecule has 0 atom stereocenters. The first-order valence-electron chi connectivity index (χ1n) is 40.0. The van der Waals surface area contributed by atoms with Crippen molar-refractivity contribution >= 4 is 7.82 Å². The quantitative estimate of drug-likeness (QED) is 0.0281. The molecule has 0 radical (unpaired) electrons. The summed E-state index contributed by atoms with van der Waals surface area (Å²) in [5.41, 5.74) is 9.86. The maximum atomic E-state index is 8.55. The van der Waals surface area contributed by atoms with Crippen LogP contribution < -0.4 is 14.7 Å². The molecule has 6 rings (SSSR count). The van der Waals surface area contributed by atoms with Crippen molar-refractivity contribution in [1.29, 1.82) is 0 Å². The Labute approximate surface area is 603 Å². The molecule has 6 aromatic rings. The lowest BCUT2D eigenvalue weighted by Gasteiger charge is -2.55. The van der Waals surface area contributed by atoms with Gasteiger partial charge in [-0.05, 0) is 91.2 Å². The highest BCUT2D eigenvalue weighted by molar-refractivity contribution is 7.40. The number of phosphoric acid groups is 1. The molecule has 0 aliphatic carbocycles. The molecular formula is C90H144N3O4P. The Kier molecular flexibility index (Phi) is 44.5. The molecule has 0 aliphatic heterocycles. The van der Waals surface area contributed by atoms with E-state index in [4.69, 9.17) is 19.2 Å². The molecule has 0 bridgehead atoms. The SMILES string of the molecule is CCCC[N+](CCCC)(CCCC)C(CCC)(Cc1ccccc1)Cc1ccccc1.CCCC[N+](CCCC)(CCCC)C(CCC)(Cc1ccccc1)Cc1ccccc1.CCCC[N+](CCCC)(CCCC)C(CCC)(Cc1ccccc1)Cc1ccccc1.O=P([O-])([O-])[O-]. The number of quaternary nitrogens is 3. The Morgan fingerprint density at radius 3 is 0.459 bits per heavy atom. The van der Waals surface area contributed by atoms with E-state index in [2.05, 4.69) is 265 Å². The van der Waals surface area contributed by atoms with Crippen LogP contribution in [0.15, 0.2) is 182 Å². The number of unbranched alkanes of at least 4 members (excludes halogenated alkanes) is 9. The van der Waals surface area contributed by atoms with Crippen LogP contribution in [0, 0.1) is 0 Å². The van der Waals surface area contributed by atoms with Crippen LogP contribution in [0.25, 0.3) is 0 Å². The second-order valence-electron chi connectivity index (χ2n) is 29.5. The first-order valence-corrected chi connectivity index (χ1v) is 41.5. The van der Waals surface area contributed by atoms with E-state index in [0.29, 0.717) is 0 Å². The molecule has 8 heteroatoms. The summed E-state index contributed by atoms with van der Waals surface area (Å²) < 4.78 is 12.5. The monoisotopic (exact) mass is 1360 g/mol. The van der Waals surface area contributed by atoms with Crippen LogP contribution >= 0.6 is 7.82 Å². The van der Waals surface area contributed by atoms with Crippen molar-refractivity contribution in [1.82, 2.24) is 0 Å². The van der Waals surface area contributed by atoms with E-state index < -0.39 is 7.82 Å². The summed E-state index contributed by atoms with van der Waals surface area (Å²) >= 11 is 0. The minimum absolute atomic E-state index is 0.261. The zero-order chi connectivity index (χ0) is 71.8. The van der Waals surface area contributed by atoms with Crippen molar-refractivity contribution in [3.63, 3.8) is 0 Å². The van der Waals surface area contributed by atoms with Gasteiger partial charge in [0.1, 0.15) is 16.6 Å². The normalized spacial score (nSPS) is 12.2. The maximum Gasteiger partial charge on any atom is 0.107 e. The summed E-state index contributed by atoms with van der Waals surface area (Å²) in [5, 5.41) is 0. The molecule has 7 nitrogen and oxygen atoms in total. The van der Waals surface area contributed by atoms with Gasteiger partial charge in [-0.25, -0.2) is 0 Å². The zero-order valence-electron chi connectivity index (χ0n) is 64.8. The van der Waals surface area contributed by atoms with Crippen molar-refractivity contribution in [2.75, 3.05) is 58.9 Å². The van der Waals surface area contributed by atoms with Crippen LogP contribution in [0.5, 0.6) is 0 Å². The Morgan fingerprint density at radius 1 is 0.235 bits per heavy atom. The number of rotatable bonds is 48. The minimum Gasteiger partial charge on any atom is -0.822 e. The van der Waals surface area contributed by atoms with Crippen LogP contribution in [0.3, 0.4) is 0 Å². The Morgan fingerprint density at radius 2 is 0.357 bits per heavy atom. The van der Waals surface area contributed by atoms with Gasteiger partial charge >= 0.3 is 0 Å². The smallest absolute Gasteiger partial charge is 0.107 e. The first-order chi connectivity index (χ1) is 47.4. The summed E-state index contributed by atoms with van der Waals surface area (Å²) in [4.78, 5) is 25.6. The largest absolute Gasteiger partial charge is 0.822 e. The van der Waals surface area contributed by atoms with Gasteiger partial charge in [-0.2, -0.15) is 7.82 Å². The third kappa shape index (κ3) is 30.1. The predicted molar refractivity (Wildman–Crippen MR) is 420 cm³/mol. The summed E-state index contributed by atoms with van der Waals surface area (Å²) in [6, 6.07) is 68.1. The third-order valence-electron chi connectivity index (χ3n) is 21.9. The lowest BCUT2D eigenvalue weighted by molar-refractivity contribution is -0.977. The minimum atomic E-state index is -5.39. The molecule has 0 amide bonds. The number of hydrogen-bond acceptors (Lipinski definition) is 4. The number of benzene rings is 6. The van der Waals surface area contributed by atoms with Gasteiger partial charge in [0.25, 0.3) is 0 Å². The van der Waals surface area contributed by atoms with E-state index in [1.54, 1.807) is 0 Å². The van der Waals surface area contributed by atoms with Crippen LogP contribution in [0.2, 0.25) is 0 Å². The van der Waals surface area contributed by atoms with E-state index in [1.807, 2.05) is 0 Å². The summed E-state index contributed by atoms with van der Waals surface area (Å²) in [6.07, 6.45) is 38.4. The fraction of sp³-hybridized carbons (Fsp3) is 0.600. The van der Waals surface area contributed by atoms with Crippen molar-refractivity contribution in [3.05, 3.63) is 215 Å². The molecule has 0 saturated heterocycles. The van der Waals surface area contributed by atoms with Crippen LogP contribution in [-0.4, -0.2) is 89.0 Å². The fourth-order valence-electron chi connectivity index (χ4n) is 17.0. The average Bonchev–Trinajstić information content (AvgIpc) is 0.775. The molecule has 0 aromatic heterocycles. The Balaban J connectivity index is 0.000000369. The van der Waals surface area contributed by atoms with Gasteiger partial charge in [-0.15, -0.1) is 0 Å². The Hall–Kier alpha value is -4.69. The molecule has 0 fully saturated rings. The van der Waals surface area contributed by atoms with Gasteiger partial charge in [0.15, 0.2) is 0 Å². The van der Waals surface area contributed by atoms with Crippen molar-refractivity contribution in [2.45, 2.75) is 292 Å². The molecular weight excluding hydrogens is 1220 g/mol. The average molecular weight is 1360 g/mol. The molecule has 98 heavy (non-hydrogen) atoms. The maximum absolute atomic E-state index is 8.55. The highest BCUT2D eigenvalue weighted by Gasteiger charge is 2.52. The van der Waals surface area contributed by atoms with Gasteiger partial charge in [0, 0.05) is 57.8 Å². The van der Waals surface area contributed by atoms with Gasteiger partial charge in [-0.3, -0.25) is 0 Å². The molecule has 0 N–H and O–H groups in total. The number of hydrogen-bond donors (Lipinski definition) is 0. The predicted octanol–water partition coefficient (Wildman–Crippen LogP) is 21.9. The molecule has 0 aliphatic rings. The highest BCUT2D eigenvalue weighted by atomic mass is 31.2. The summed E-state index contributed by atoms with van der Waals surface area (Å²) in [6.45, 7) is 40.5. The summed E-state index contributed by atoms with van der Waals surface area (Å²) in [5.74, 6) is 0. The van der Waals surface area contributed by atoms with Crippen molar-refractivity contribution in [2.24, 2.45) is 0 Å². The van der Waals surface area contributed by atoms with Crippen molar-refractivity contribution < 1.29 is 32.7 Å². The van der Waals surface area contributed by atoms with E-state index in [-0.39, 0.29) is 16.6 Å². The van der Waals surface area contributed by atoms with E-state index in [0.717, 1.165) is 0 Å². The van der Waals surface area contributed by atoms with Gasteiger partial charge < -0.3 is 32.7 Å². The van der Waals surface area contributed by atoms with Gasteiger partial charge in [-0.1, -0.05) is 342 Å². The van der Waals surface area contributed by atoms with Crippen LogP contribution in [0.1, 0.15) is 271 Å². The van der Waals surface area contributed by atoms with Crippen LogP contribution in [-0.2, 0) is 43.1 Å². The van der Waals surface area contributed by atoms with E-state index >= 15 is 0 Å². The van der Waals surface area contributed by atoms with E-state index in [1.165, 1.54) is 298 Å². The van der Waals surface area contributed by atoms with E-state index in [9.17, 15) is 0 Å². The van der Waals surface area contributed by atoms with Crippen LogP contribution in [0.4, 0.5) is 0 Å². The first kappa shape index (κ1) is 87.5. The highest BCUT2D eigenvalue weighted by Crippen LogP contribution is 2.43. The molecule has 0 heterocycles. The molecule has 0 unspecified atom stereocenters.